The van der Waals surface area contributed by atoms with Gasteiger partial charge in [0.15, 0.2) is 0 Å². The molecule has 0 amide bonds. The fourth-order valence-electron chi connectivity index (χ4n) is 1.88. The average molecular weight is 264 g/mol. The van der Waals surface area contributed by atoms with E-state index in [4.69, 9.17) is 4.84 Å². The highest BCUT2D eigenvalue weighted by Crippen LogP contribution is 2.43. The van der Waals surface area contributed by atoms with Crippen LogP contribution in [0.2, 0.25) is 0 Å². The van der Waals surface area contributed by atoms with Crippen molar-refractivity contribution in [2.75, 3.05) is 0 Å². The minimum absolute atomic E-state index is 0.233. The summed E-state index contributed by atoms with van der Waals surface area (Å²) in [6, 6.07) is 5.88. The van der Waals surface area contributed by atoms with Crippen LogP contribution in [0.25, 0.3) is 0 Å². The summed E-state index contributed by atoms with van der Waals surface area (Å²) in [5.74, 6) is 0.599. The predicted molar refractivity (Wildman–Crippen MR) is 72.2 cm³/mol. The molecule has 0 saturated heterocycles. The van der Waals surface area contributed by atoms with Crippen molar-refractivity contribution < 1.29 is 9.05 Å². The Morgan fingerprint density at radius 3 is 2.83 bits per heavy atom. The van der Waals surface area contributed by atoms with Crippen LogP contribution in [-0.4, -0.2) is 9.92 Å². The van der Waals surface area contributed by atoms with Gasteiger partial charge in [0.05, 0.1) is 11.4 Å². The molecule has 0 radical (unpaired) electrons. The Balaban J connectivity index is 2.27. The number of oxime groups is 1. The van der Waals surface area contributed by atoms with Gasteiger partial charge in [0.1, 0.15) is 6.61 Å². The summed E-state index contributed by atoms with van der Waals surface area (Å²) < 4.78 is 14.5. The maximum atomic E-state index is 10.6. The monoisotopic (exact) mass is 264 g/mol. The second kappa shape index (κ2) is 5.91. The maximum absolute atomic E-state index is 10.6. The first-order chi connectivity index (χ1) is 8.72. The summed E-state index contributed by atoms with van der Waals surface area (Å²) in [5.41, 5.74) is 3.82. The van der Waals surface area contributed by atoms with Gasteiger partial charge in [-0.2, -0.15) is 8.57 Å². The third-order valence-corrected chi connectivity index (χ3v) is 3.07. The highest BCUT2D eigenvalue weighted by molar-refractivity contribution is 7.54. The van der Waals surface area contributed by atoms with Gasteiger partial charge in [-0.1, -0.05) is 17.3 Å². The molecule has 1 aliphatic rings. The molecular weight excluding hydrogens is 248 g/mol. The van der Waals surface area contributed by atoms with Crippen molar-refractivity contribution in [3.8, 4) is 0 Å². The fourth-order valence-corrected chi connectivity index (χ4v) is 2.13. The Bertz CT molecular complexity index is 514. The van der Waals surface area contributed by atoms with E-state index >= 15 is 0 Å². The molecule has 1 aliphatic carbocycles. The summed E-state index contributed by atoms with van der Waals surface area (Å²) >= 11 is 0.233. The number of benzene rings is 1. The Labute approximate surface area is 110 Å². The van der Waals surface area contributed by atoms with Gasteiger partial charge in [0, 0.05) is 5.56 Å². The van der Waals surface area contributed by atoms with E-state index in [0.29, 0.717) is 18.2 Å². The van der Waals surface area contributed by atoms with Crippen LogP contribution in [0.3, 0.4) is 0 Å². The summed E-state index contributed by atoms with van der Waals surface area (Å²) in [4.78, 5) is 5.30. The zero-order chi connectivity index (χ0) is 13.0. The van der Waals surface area contributed by atoms with Crippen LogP contribution in [0, 0.1) is 0 Å². The van der Waals surface area contributed by atoms with E-state index in [1.54, 1.807) is 0 Å². The van der Waals surface area contributed by atoms with E-state index in [1.165, 1.54) is 18.4 Å². The standard InChI is InChI=1S/C13H16N2O2S/c1-9(2)14-17-8-12-11(10-6-7-10)4-3-5-13(12)15-18-16/h3-5,10H,6-8H2,1-2H3. The highest BCUT2D eigenvalue weighted by Gasteiger charge is 2.27. The lowest BCUT2D eigenvalue weighted by molar-refractivity contribution is 0.130. The zero-order valence-corrected chi connectivity index (χ0v) is 11.4. The molecule has 4 nitrogen and oxygen atoms in total. The van der Waals surface area contributed by atoms with Gasteiger partial charge in [-0.3, -0.25) is 0 Å². The second-order valence-corrected chi connectivity index (χ2v) is 4.93. The first-order valence-corrected chi connectivity index (χ1v) is 6.67. The molecule has 1 aromatic carbocycles. The van der Waals surface area contributed by atoms with E-state index in [1.807, 2.05) is 26.0 Å². The van der Waals surface area contributed by atoms with Crippen LogP contribution in [0.1, 0.15) is 43.7 Å². The van der Waals surface area contributed by atoms with Crippen LogP contribution in [0.4, 0.5) is 5.69 Å². The largest absolute Gasteiger partial charge is 0.391 e. The molecule has 0 heterocycles. The smallest absolute Gasteiger partial charge is 0.205 e. The summed E-state index contributed by atoms with van der Waals surface area (Å²) in [7, 11) is 0. The molecule has 18 heavy (non-hydrogen) atoms. The molecule has 5 heteroatoms. The zero-order valence-electron chi connectivity index (χ0n) is 10.5. The molecule has 0 aliphatic heterocycles. The molecule has 0 bridgehead atoms. The summed E-state index contributed by atoms with van der Waals surface area (Å²) in [5, 5.41) is 3.93. The van der Waals surface area contributed by atoms with Gasteiger partial charge in [-0.25, -0.2) is 0 Å². The molecule has 96 valence electrons. The molecule has 0 N–H and O–H groups in total. The Morgan fingerprint density at radius 1 is 1.44 bits per heavy atom. The van der Waals surface area contributed by atoms with E-state index in [2.05, 4.69) is 15.6 Å². The third-order valence-electron chi connectivity index (χ3n) is 2.80. The number of nitrogens with zero attached hydrogens (tertiary/aromatic N) is 2. The quantitative estimate of drug-likeness (QED) is 0.603. The molecule has 2 rings (SSSR count). The van der Waals surface area contributed by atoms with Crippen molar-refractivity contribution in [2.45, 2.75) is 39.2 Å². The van der Waals surface area contributed by atoms with Crippen molar-refractivity contribution in [1.82, 2.24) is 0 Å². The third kappa shape index (κ3) is 3.26. The van der Waals surface area contributed by atoms with Crippen LogP contribution < -0.4 is 0 Å². The first-order valence-electron chi connectivity index (χ1n) is 5.97. The lowest BCUT2D eigenvalue weighted by atomic mass is 10.0. The minimum atomic E-state index is 0.233. The topological polar surface area (TPSA) is 51.0 Å². The second-order valence-electron chi connectivity index (χ2n) is 4.60. The van der Waals surface area contributed by atoms with E-state index in [-0.39, 0.29) is 11.5 Å². The molecule has 1 fully saturated rings. The number of hydrogen-bond acceptors (Lipinski definition) is 4. The Hall–Kier alpha value is -1.49. The van der Waals surface area contributed by atoms with Crippen LogP contribution in [0.5, 0.6) is 0 Å². The number of rotatable bonds is 5. The van der Waals surface area contributed by atoms with Crippen molar-refractivity contribution in [3.63, 3.8) is 0 Å². The first kappa shape index (κ1) is 13.0. The molecular formula is C13H16N2O2S. The molecule has 0 atom stereocenters. The van der Waals surface area contributed by atoms with Crippen LogP contribution >= 0.6 is 0 Å². The summed E-state index contributed by atoms with van der Waals surface area (Å²) in [6.45, 7) is 4.13. The van der Waals surface area contributed by atoms with Gasteiger partial charge >= 0.3 is 0 Å². The van der Waals surface area contributed by atoms with Crippen molar-refractivity contribution in [3.05, 3.63) is 29.3 Å². The van der Waals surface area contributed by atoms with E-state index in [0.717, 1.165) is 11.3 Å². The normalized spacial score (nSPS) is 13.9. The van der Waals surface area contributed by atoms with E-state index in [9.17, 15) is 4.21 Å². The van der Waals surface area contributed by atoms with Gasteiger partial charge in [-0.15, -0.1) is 0 Å². The van der Waals surface area contributed by atoms with Gasteiger partial charge in [0.2, 0.25) is 11.5 Å². The molecule has 0 aromatic heterocycles. The van der Waals surface area contributed by atoms with Crippen LogP contribution in [-0.2, 0) is 22.9 Å². The van der Waals surface area contributed by atoms with Crippen molar-refractivity contribution in [2.24, 2.45) is 9.52 Å². The lowest BCUT2D eigenvalue weighted by Gasteiger charge is -2.09. The molecule has 0 spiro atoms. The SMILES string of the molecule is CC(C)=NOCc1c(N=S=O)cccc1C1CC1. The average Bonchev–Trinajstić information content (AvgIpc) is 3.14. The van der Waals surface area contributed by atoms with Gasteiger partial charge < -0.3 is 4.84 Å². The van der Waals surface area contributed by atoms with Crippen molar-refractivity contribution >= 4 is 22.9 Å². The molecule has 1 saturated carbocycles. The summed E-state index contributed by atoms with van der Waals surface area (Å²) in [6.07, 6.45) is 2.41. The van der Waals surface area contributed by atoms with Crippen LogP contribution in [0.15, 0.2) is 27.7 Å². The van der Waals surface area contributed by atoms with Crippen molar-refractivity contribution in [1.29, 1.82) is 0 Å². The van der Waals surface area contributed by atoms with Gasteiger partial charge in [-0.05, 0) is 44.2 Å². The van der Waals surface area contributed by atoms with E-state index < -0.39 is 0 Å². The molecule has 0 unspecified atom stereocenters. The maximum Gasteiger partial charge on any atom is 0.205 e. The fraction of sp³-hybridized carbons (Fsp3) is 0.462. The predicted octanol–water partition coefficient (Wildman–Crippen LogP) is 3.50. The Morgan fingerprint density at radius 2 is 2.22 bits per heavy atom. The minimum Gasteiger partial charge on any atom is -0.391 e. The molecule has 1 aromatic rings. The van der Waals surface area contributed by atoms with Gasteiger partial charge in [0.25, 0.3) is 0 Å². The lowest BCUT2D eigenvalue weighted by Crippen LogP contribution is -1.96. The number of hydrogen-bond donors (Lipinski definition) is 0. The Kier molecular flexibility index (Phi) is 4.25. The highest BCUT2D eigenvalue weighted by atomic mass is 32.1.